The highest BCUT2D eigenvalue weighted by Crippen LogP contribution is 2.10. The first-order valence-electron chi connectivity index (χ1n) is 7.82. The molecule has 0 bridgehead atoms. The van der Waals surface area contributed by atoms with Gasteiger partial charge in [-0.1, -0.05) is 23.4 Å². The first kappa shape index (κ1) is 17.2. The average Bonchev–Trinajstić information content (AvgIpc) is 3.02. The molecule has 3 aromatic rings. The zero-order valence-electron chi connectivity index (χ0n) is 13.9. The summed E-state index contributed by atoms with van der Waals surface area (Å²) in [7, 11) is 0. The lowest BCUT2D eigenvalue weighted by atomic mass is 10.1. The average molecular weight is 352 g/mol. The second-order valence-corrected chi connectivity index (χ2v) is 5.56. The van der Waals surface area contributed by atoms with Crippen molar-refractivity contribution in [1.29, 1.82) is 0 Å². The molecule has 0 aliphatic rings. The van der Waals surface area contributed by atoms with Crippen LogP contribution in [0.1, 0.15) is 11.3 Å². The Morgan fingerprint density at radius 2 is 2.08 bits per heavy atom. The molecule has 2 heterocycles. The molecule has 0 saturated carbocycles. The third-order valence-corrected chi connectivity index (χ3v) is 3.52. The Bertz CT molecular complexity index is 1050. The number of aromatic nitrogens is 2. The van der Waals surface area contributed by atoms with Crippen molar-refractivity contribution in [3.63, 3.8) is 0 Å². The Hall–Kier alpha value is -3.68. The van der Waals surface area contributed by atoms with E-state index in [1.165, 1.54) is 12.2 Å². The number of H-pyrrole nitrogens is 1. The number of carbonyl (C=O) groups excluding carboxylic acids is 2. The van der Waals surface area contributed by atoms with Crippen molar-refractivity contribution >= 4 is 34.6 Å². The van der Waals surface area contributed by atoms with Crippen LogP contribution in [0.5, 0.6) is 0 Å². The molecule has 0 aliphatic carbocycles. The van der Waals surface area contributed by atoms with Crippen LogP contribution in [-0.4, -0.2) is 28.5 Å². The predicted octanol–water partition coefficient (Wildman–Crippen LogP) is 1.59. The van der Waals surface area contributed by atoms with Crippen LogP contribution in [-0.2, 0) is 9.59 Å². The van der Waals surface area contributed by atoms with E-state index in [2.05, 4.69) is 20.8 Å². The monoisotopic (exact) mass is 352 g/mol. The molecule has 0 fully saturated rings. The van der Waals surface area contributed by atoms with Gasteiger partial charge in [0.1, 0.15) is 5.76 Å². The van der Waals surface area contributed by atoms with Crippen molar-refractivity contribution < 1.29 is 14.1 Å². The molecule has 0 spiro atoms. The standard InChI is InChI=1S/C18H16N4O4/c1-11-8-15(22-26-11)21-17(24)10-19-16(23)7-6-13-9-12-4-2-3-5-14(12)20-18(13)25/h2-9H,10H2,1H3,(H,19,23)(H,20,25)(H,21,22,24)/b7-6+. The van der Waals surface area contributed by atoms with Crippen molar-refractivity contribution in [3.05, 3.63) is 64.2 Å². The molecule has 0 saturated heterocycles. The number of fused-ring (bicyclic) bond motifs is 1. The van der Waals surface area contributed by atoms with Gasteiger partial charge in [-0.25, -0.2) is 0 Å². The number of para-hydroxylation sites is 1. The number of amides is 2. The number of anilines is 1. The summed E-state index contributed by atoms with van der Waals surface area (Å²) in [4.78, 5) is 38.3. The minimum absolute atomic E-state index is 0.233. The summed E-state index contributed by atoms with van der Waals surface area (Å²) in [6.45, 7) is 1.47. The fraction of sp³-hybridized carbons (Fsp3) is 0.111. The van der Waals surface area contributed by atoms with Gasteiger partial charge < -0.3 is 20.1 Å². The van der Waals surface area contributed by atoms with Gasteiger partial charge in [-0.05, 0) is 30.5 Å². The van der Waals surface area contributed by atoms with Crippen LogP contribution < -0.4 is 16.2 Å². The van der Waals surface area contributed by atoms with Crippen LogP contribution in [0, 0.1) is 6.92 Å². The summed E-state index contributed by atoms with van der Waals surface area (Å²) < 4.78 is 4.82. The summed E-state index contributed by atoms with van der Waals surface area (Å²) in [5.74, 6) is -0.0968. The van der Waals surface area contributed by atoms with Gasteiger partial charge in [-0.3, -0.25) is 14.4 Å². The maximum absolute atomic E-state index is 12.0. The largest absolute Gasteiger partial charge is 0.360 e. The molecule has 0 atom stereocenters. The molecule has 0 unspecified atom stereocenters. The van der Waals surface area contributed by atoms with Crippen LogP contribution in [0.2, 0.25) is 0 Å². The molecular weight excluding hydrogens is 336 g/mol. The van der Waals surface area contributed by atoms with Crippen molar-refractivity contribution in [3.8, 4) is 0 Å². The topological polar surface area (TPSA) is 117 Å². The van der Waals surface area contributed by atoms with Crippen molar-refractivity contribution in [1.82, 2.24) is 15.5 Å². The van der Waals surface area contributed by atoms with E-state index in [1.807, 2.05) is 18.2 Å². The molecule has 132 valence electrons. The number of aryl methyl sites for hydroxylation is 1. The maximum Gasteiger partial charge on any atom is 0.255 e. The van der Waals surface area contributed by atoms with Gasteiger partial charge >= 0.3 is 0 Å². The van der Waals surface area contributed by atoms with Gasteiger partial charge in [0.15, 0.2) is 5.82 Å². The zero-order valence-corrected chi connectivity index (χ0v) is 13.9. The second kappa shape index (κ2) is 7.47. The van der Waals surface area contributed by atoms with Gasteiger partial charge in [-0.2, -0.15) is 0 Å². The van der Waals surface area contributed by atoms with E-state index >= 15 is 0 Å². The van der Waals surface area contributed by atoms with E-state index in [0.717, 1.165) is 10.9 Å². The summed E-state index contributed by atoms with van der Waals surface area (Å²) in [6, 6.07) is 10.6. The lowest BCUT2D eigenvalue weighted by Crippen LogP contribution is -2.31. The van der Waals surface area contributed by atoms with E-state index in [-0.39, 0.29) is 17.9 Å². The SMILES string of the molecule is Cc1cc(NC(=O)CNC(=O)/C=C/c2cc3ccccc3[nH]c2=O)no1. The van der Waals surface area contributed by atoms with E-state index in [9.17, 15) is 14.4 Å². The highest BCUT2D eigenvalue weighted by Gasteiger charge is 2.07. The highest BCUT2D eigenvalue weighted by atomic mass is 16.5. The van der Waals surface area contributed by atoms with E-state index in [4.69, 9.17) is 4.52 Å². The fourth-order valence-electron chi connectivity index (χ4n) is 2.29. The highest BCUT2D eigenvalue weighted by molar-refractivity contribution is 5.97. The van der Waals surface area contributed by atoms with Gasteiger partial charge in [0, 0.05) is 23.2 Å². The molecule has 0 radical (unpaired) electrons. The second-order valence-electron chi connectivity index (χ2n) is 5.56. The van der Waals surface area contributed by atoms with Crippen molar-refractivity contribution in [2.45, 2.75) is 6.92 Å². The molecule has 0 aliphatic heterocycles. The lowest BCUT2D eigenvalue weighted by Gasteiger charge is -2.02. The predicted molar refractivity (Wildman–Crippen MR) is 96.5 cm³/mol. The summed E-state index contributed by atoms with van der Waals surface area (Å²) in [5, 5.41) is 9.39. The fourth-order valence-corrected chi connectivity index (χ4v) is 2.29. The third-order valence-electron chi connectivity index (χ3n) is 3.52. The Morgan fingerprint density at radius 1 is 1.27 bits per heavy atom. The van der Waals surface area contributed by atoms with Gasteiger partial charge in [0.2, 0.25) is 11.8 Å². The van der Waals surface area contributed by atoms with Crippen molar-refractivity contribution in [2.24, 2.45) is 0 Å². The number of aromatic amines is 1. The van der Waals surface area contributed by atoms with Crippen LogP contribution in [0.3, 0.4) is 0 Å². The summed E-state index contributed by atoms with van der Waals surface area (Å²) in [5.41, 5.74) is 0.770. The first-order valence-corrected chi connectivity index (χ1v) is 7.82. The maximum atomic E-state index is 12.0. The molecule has 3 N–H and O–H groups in total. The van der Waals surface area contributed by atoms with Crippen LogP contribution in [0.15, 0.2) is 51.8 Å². The van der Waals surface area contributed by atoms with Crippen LogP contribution in [0.25, 0.3) is 17.0 Å². The molecular formula is C18H16N4O4. The minimum Gasteiger partial charge on any atom is -0.360 e. The smallest absolute Gasteiger partial charge is 0.255 e. The Morgan fingerprint density at radius 3 is 2.85 bits per heavy atom. The molecule has 2 aromatic heterocycles. The lowest BCUT2D eigenvalue weighted by molar-refractivity contribution is -0.121. The van der Waals surface area contributed by atoms with Crippen LogP contribution in [0.4, 0.5) is 5.82 Å². The number of pyridine rings is 1. The zero-order chi connectivity index (χ0) is 18.5. The Balaban J connectivity index is 1.58. The molecule has 3 rings (SSSR count). The Kier molecular flexibility index (Phi) is 4.93. The number of nitrogens with one attached hydrogen (secondary N) is 3. The quantitative estimate of drug-likeness (QED) is 0.603. The number of carbonyl (C=O) groups is 2. The number of rotatable bonds is 5. The number of hydrogen-bond acceptors (Lipinski definition) is 5. The van der Waals surface area contributed by atoms with Crippen molar-refractivity contribution in [2.75, 3.05) is 11.9 Å². The summed E-state index contributed by atoms with van der Waals surface area (Å²) >= 11 is 0. The molecule has 2 amide bonds. The number of benzene rings is 1. The van der Waals surface area contributed by atoms with Gasteiger partial charge in [0.25, 0.3) is 5.56 Å². The normalized spacial score (nSPS) is 11.0. The first-order chi connectivity index (χ1) is 12.5. The van der Waals surface area contributed by atoms with Gasteiger partial charge in [0.05, 0.1) is 6.54 Å². The number of hydrogen-bond donors (Lipinski definition) is 3. The molecule has 8 nitrogen and oxygen atoms in total. The van der Waals surface area contributed by atoms with Gasteiger partial charge in [-0.15, -0.1) is 0 Å². The molecule has 26 heavy (non-hydrogen) atoms. The minimum atomic E-state index is -0.496. The number of nitrogens with zero attached hydrogens (tertiary/aromatic N) is 1. The van der Waals surface area contributed by atoms with E-state index in [0.29, 0.717) is 11.3 Å². The third kappa shape index (κ3) is 4.23. The van der Waals surface area contributed by atoms with E-state index < -0.39 is 11.8 Å². The summed E-state index contributed by atoms with van der Waals surface area (Å²) in [6.07, 6.45) is 2.60. The van der Waals surface area contributed by atoms with Crippen LogP contribution >= 0.6 is 0 Å². The molecule has 8 heteroatoms. The molecule has 1 aromatic carbocycles. The Labute approximate surface area is 147 Å². The van der Waals surface area contributed by atoms with E-state index in [1.54, 1.807) is 25.1 Å².